The number of hydrogen-bond donors (Lipinski definition) is 1. The van der Waals surface area contributed by atoms with E-state index < -0.39 is 28.5 Å². The lowest BCUT2D eigenvalue weighted by atomic mass is 10.2. The fourth-order valence-electron chi connectivity index (χ4n) is 2.17. The van der Waals surface area contributed by atoms with Gasteiger partial charge in [-0.2, -0.15) is 4.31 Å². The van der Waals surface area contributed by atoms with Gasteiger partial charge in [-0.15, -0.1) is 0 Å². The van der Waals surface area contributed by atoms with Gasteiger partial charge in [-0.05, 0) is 18.2 Å². The van der Waals surface area contributed by atoms with Crippen LogP contribution in [0.3, 0.4) is 0 Å². The normalized spacial score (nSPS) is 11.3. The second kappa shape index (κ2) is 8.59. The molecule has 0 aliphatic heterocycles. The molecule has 0 aliphatic carbocycles. The molecule has 1 heterocycles. The average molecular weight is 381 g/mol. The molecule has 0 bridgehead atoms. The molecule has 0 aliphatic rings. The molecule has 1 aromatic carbocycles. The first-order valence-corrected chi connectivity index (χ1v) is 9.30. The molecule has 0 atom stereocenters. The highest BCUT2D eigenvalue weighted by molar-refractivity contribution is 7.89. The molecule has 2 rings (SSSR count). The molecule has 10 heteroatoms. The Morgan fingerprint density at radius 3 is 2.58 bits per heavy atom. The summed E-state index contributed by atoms with van der Waals surface area (Å²) in [5, 5.41) is 5.86. The Hall–Kier alpha value is -2.72. The molecule has 1 N–H and O–H groups in total. The molecule has 0 spiro atoms. The van der Waals surface area contributed by atoms with E-state index in [4.69, 9.17) is 4.74 Å². The Bertz CT molecular complexity index is 860. The van der Waals surface area contributed by atoms with Gasteiger partial charge in [-0.1, -0.05) is 25.1 Å². The summed E-state index contributed by atoms with van der Waals surface area (Å²) in [7, 11) is -3.70. The van der Waals surface area contributed by atoms with Crippen LogP contribution < -0.4 is 5.32 Å². The minimum absolute atomic E-state index is 0.0114. The summed E-state index contributed by atoms with van der Waals surface area (Å²) in [6.45, 7) is 3.55. The number of carbonyl (C=O) groups excluding carboxylic acids is 2. The Kier molecular flexibility index (Phi) is 6.47. The van der Waals surface area contributed by atoms with E-state index in [0.717, 1.165) is 0 Å². The van der Waals surface area contributed by atoms with Gasteiger partial charge in [-0.25, -0.2) is 13.2 Å². The molecule has 0 radical (unpaired) electrons. The van der Waals surface area contributed by atoms with Gasteiger partial charge >= 0.3 is 5.97 Å². The van der Waals surface area contributed by atoms with Crippen LogP contribution in [0.5, 0.6) is 0 Å². The van der Waals surface area contributed by atoms with Gasteiger partial charge < -0.3 is 14.6 Å². The number of nitrogens with zero attached hydrogens (tertiary/aromatic N) is 2. The molecule has 0 saturated carbocycles. The number of benzene rings is 1. The molecule has 140 valence electrons. The molecular formula is C16H19N3O6S. The second-order valence-electron chi connectivity index (χ2n) is 5.13. The van der Waals surface area contributed by atoms with E-state index in [1.54, 1.807) is 13.8 Å². The van der Waals surface area contributed by atoms with Crippen LogP contribution in [0, 0.1) is 0 Å². The third-order valence-electron chi connectivity index (χ3n) is 3.45. The fraction of sp³-hybridized carbons (Fsp3) is 0.312. The van der Waals surface area contributed by atoms with Gasteiger partial charge in [0, 0.05) is 19.2 Å². The number of ether oxygens (including phenoxy) is 1. The highest BCUT2D eigenvalue weighted by atomic mass is 32.2. The van der Waals surface area contributed by atoms with E-state index in [1.807, 2.05) is 0 Å². The summed E-state index contributed by atoms with van der Waals surface area (Å²) in [5.74, 6) is -1.21. The summed E-state index contributed by atoms with van der Waals surface area (Å²) in [6.07, 6.45) is 1.28. The molecule has 26 heavy (non-hydrogen) atoms. The first kappa shape index (κ1) is 19.6. The van der Waals surface area contributed by atoms with Crippen molar-refractivity contribution in [2.75, 3.05) is 25.0 Å². The smallest absolute Gasteiger partial charge is 0.338 e. The minimum atomic E-state index is -3.70. The van der Waals surface area contributed by atoms with Crippen molar-refractivity contribution in [3.8, 4) is 0 Å². The van der Waals surface area contributed by atoms with Gasteiger partial charge in [-0.3, -0.25) is 4.79 Å². The first-order chi connectivity index (χ1) is 12.4. The maximum absolute atomic E-state index is 12.5. The molecule has 0 saturated heterocycles. The van der Waals surface area contributed by atoms with Crippen molar-refractivity contribution in [1.82, 2.24) is 9.46 Å². The predicted octanol–water partition coefficient (Wildman–Crippen LogP) is 1.50. The monoisotopic (exact) mass is 381 g/mol. The zero-order chi connectivity index (χ0) is 19.2. The highest BCUT2D eigenvalue weighted by Crippen LogP contribution is 2.17. The van der Waals surface area contributed by atoms with Gasteiger partial charge in [0.05, 0.1) is 10.5 Å². The van der Waals surface area contributed by atoms with Crippen LogP contribution >= 0.6 is 0 Å². The lowest BCUT2D eigenvalue weighted by Gasteiger charge is -2.18. The van der Waals surface area contributed by atoms with Crippen molar-refractivity contribution in [3.05, 3.63) is 42.2 Å². The van der Waals surface area contributed by atoms with E-state index in [2.05, 4.69) is 15.0 Å². The maximum Gasteiger partial charge on any atom is 0.338 e. The largest absolute Gasteiger partial charge is 0.452 e. The lowest BCUT2D eigenvalue weighted by Crippen LogP contribution is -2.30. The minimum Gasteiger partial charge on any atom is -0.452 e. The number of rotatable bonds is 8. The fourth-order valence-corrected chi connectivity index (χ4v) is 3.67. The van der Waals surface area contributed by atoms with Crippen molar-refractivity contribution in [2.45, 2.75) is 18.7 Å². The van der Waals surface area contributed by atoms with Gasteiger partial charge in [0.25, 0.3) is 5.91 Å². The van der Waals surface area contributed by atoms with Crippen LogP contribution in [0.4, 0.5) is 5.82 Å². The molecule has 2 aromatic rings. The Morgan fingerprint density at radius 1 is 1.23 bits per heavy atom. The van der Waals surface area contributed by atoms with Crippen molar-refractivity contribution in [3.63, 3.8) is 0 Å². The summed E-state index contributed by atoms with van der Waals surface area (Å²) in [4.78, 5) is 23.8. The standard InChI is InChI=1S/C16H19N3O6S/c1-3-19(4-2)26(22,23)13-7-5-6-12(10-13)16(21)24-11-15(20)17-14-8-9-25-18-14/h5-10H,3-4,11H2,1-2H3,(H,17,18,20). The third-order valence-corrected chi connectivity index (χ3v) is 5.50. The van der Waals surface area contributed by atoms with E-state index in [-0.39, 0.29) is 16.3 Å². The number of amides is 1. The third kappa shape index (κ3) is 4.67. The zero-order valence-corrected chi connectivity index (χ0v) is 15.2. The van der Waals surface area contributed by atoms with Crippen LogP contribution in [0.15, 0.2) is 46.0 Å². The number of esters is 1. The first-order valence-electron chi connectivity index (χ1n) is 7.86. The number of anilines is 1. The number of carbonyl (C=O) groups is 2. The number of nitrogens with one attached hydrogen (secondary N) is 1. The zero-order valence-electron chi connectivity index (χ0n) is 14.3. The lowest BCUT2D eigenvalue weighted by molar-refractivity contribution is -0.119. The average Bonchev–Trinajstić information content (AvgIpc) is 3.13. The van der Waals surface area contributed by atoms with Crippen molar-refractivity contribution in [1.29, 1.82) is 0 Å². The molecule has 1 aromatic heterocycles. The van der Waals surface area contributed by atoms with Gasteiger partial charge in [0.1, 0.15) is 6.26 Å². The predicted molar refractivity (Wildman–Crippen MR) is 92.0 cm³/mol. The van der Waals surface area contributed by atoms with Gasteiger partial charge in [0.2, 0.25) is 10.0 Å². The molecular weight excluding hydrogens is 362 g/mol. The van der Waals surface area contributed by atoms with E-state index in [0.29, 0.717) is 13.1 Å². The van der Waals surface area contributed by atoms with Crippen molar-refractivity contribution < 1.29 is 27.3 Å². The topological polar surface area (TPSA) is 119 Å². The quantitative estimate of drug-likeness (QED) is 0.688. The van der Waals surface area contributed by atoms with Gasteiger partial charge in [0.15, 0.2) is 12.4 Å². The molecule has 9 nitrogen and oxygen atoms in total. The highest BCUT2D eigenvalue weighted by Gasteiger charge is 2.23. The number of hydrogen-bond acceptors (Lipinski definition) is 7. The van der Waals surface area contributed by atoms with Crippen LogP contribution in [0.25, 0.3) is 0 Å². The Labute approximate surface area is 151 Å². The summed E-state index contributed by atoms with van der Waals surface area (Å²) < 4.78 is 35.8. The number of sulfonamides is 1. The van der Waals surface area contributed by atoms with Crippen molar-refractivity contribution in [2.24, 2.45) is 0 Å². The Morgan fingerprint density at radius 2 is 1.96 bits per heavy atom. The van der Waals surface area contributed by atoms with Crippen LogP contribution in [-0.4, -0.2) is 49.5 Å². The number of aromatic nitrogens is 1. The molecule has 1 amide bonds. The maximum atomic E-state index is 12.5. The second-order valence-corrected chi connectivity index (χ2v) is 7.06. The summed E-state index contributed by atoms with van der Waals surface area (Å²) in [5.41, 5.74) is 0.0347. The Balaban J connectivity index is 2.04. The SMILES string of the molecule is CCN(CC)S(=O)(=O)c1cccc(C(=O)OCC(=O)Nc2ccon2)c1. The summed E-state index contributed by atoms with van der Waals surface area (Å²) >= 11 is 0. The van der Waals surface area contributed by atoms with Crippen LogP contribution in [-0.2, 0) is 19.6 Å². The van der Waals surface area contributed by atoms with Crippen LogP contribution in [0.1, 0.15) is 24.2 Å². The van der Waals surface area contributed by atoms with Crippen molar-refractivity contribution >= 4 is 27.7 Å². The molecule has 0 fully saturated rings. The van der Waals surface area contributed by atoms with E-state index in [9.17, 15) is 18.0 Å². The van der Waals surface area contributed by atoms with E-state index in [1.165, 1.54) is 40.9 Å². The summed E-state index contributed by atoms with van der Waals surface area (Å²) in [6, 6.07) is 6.93. The van der Waals surface area contributed by atoms with E-state index >= 15 is 0 Å². The molecule has 0 unspecified atom stereocenters. The van der Waals surface area contributed by atoms with Crippen LogP contribution in [0.2, 0.25) is 0 Å².